The van der Waals surface area contributed by atoms with Crippen LogP contribution in [0.5, 0.6) is 0 Å². The van der Waals surface area contributed by atoms with Crippen LogP contribution in [0.25, 0.3) is 22.3 Å². The van der Waals surface area contributed by atoms with Crippen molar-refractivity contribution in [2.24, 2.45) is 0 Å². The van der Waals surface area contributed by atoms with Crippen LogP contribution in [0.2, 0.25) is 0 Å². The van der Waals surface area contributed by atoms with Crippen LogP contribution in [0, 0.1) is 41.5 Å². The Balaban J connectivity index is 2.35. The van der Waals surface area contributed by atoms with Crippen LogP contribution in [-0.2, 0) is 0 Å². The van der Waals surface area contributed by atoms with E-state index in [1.807, 2.05) is 0 Å². The molecule has 3 aromatic carbocycles. The van der Waals surface area contributed by atoms with Crippen molar-refractivity contribution in [3.05, 3.63) is 81.9 Å². The molecule has 0 radical (unpaired) electrons. The zero-order valence-electron chi connectivity index (χ0n) is 15.6. The van der Waals surface area contributed by atoms with E-state index < -0.39 is 0 Å². The average Bonchev–Trinajstić information content (AvgIpc) is 2.51. The molecule has 0 saturated heterocycles. The molecule has 24 heavy (non-hydrogen) atoms. The van der Waals surface area contributed by atoms with Gasteiger partial charge in [-0.2, -0.15) is 0 Å². The molecule has 3 aromatic rings. The van der Waals surface area contributed by atoms with Crippen LogP contribution in [-0.4, -0.2) is 0 Å². The number of hydrogen-bond acceptors (Lipinski definition) is 0. The smallest absolute Gasteiger partial charge is 0.0122 e. The third-order valence-corrected chi connectivity index (χ3v) is 5.05. The molecule has 3 rings (SSSR count). The fourth-order valence-electron chi connectivity index (χ4n) is 3.86. The van der Waals surface area contributed by atoms with Gasteiger partial charge in [-0.3, -0.25) is 0 Å². The summed E-state index contributed by atoms with van der Waals surface area (Å²) in [6.07, 6.45) is 0. The second kappa shape index (κ2) is 6.28. The summed E-state index contributed by atoms with van der Waals surface area (Å²) < 4.78 is 0. The molecule has 0 unspecified atom stereocenters. The van der Waals surface area contributed by atoms with E-state index in [0.717, 1.165) is 0 Å². The van der Waals surface area contributed by atoms with Crippen molar-refractivity contribution in [1.82, 2.24) is 0 Å². The Morgan fingerprint density at radius 1 is 0.500 bits per heavy atom. The Bertz CT molecular complexity index is 800. The van der Waals surface area contributed by atoms with Gasteiger partial charge in [0.15, 0.2) is 0 Å². The molecule has 0 aliphatic rings. The molecule has 0 fully saturated rings. The molecule has 0 aliphatic carbocycles. The molecule has 0 heterocycles. The zero-order valence-corrected chi connectivity index (χ0v) is 15.6. The lowest BCUT2D eigenvalue weighted by atomic mass is 9.85. The minimum atomic E-state index is 1.32. The first-order valence-corrected chi connectivity index (χ1v) is 8.64. The van der Waals surface area contributed by atoms with Gasteiger partial charge in [-0.05, 0) is 97.2 Å². The molecule has 0 aromatic heterocycles. The van der Waals surface area contributed by atoms with Gasteiger partial charge < -0.3 is 0 Å². The molecule has 0 spiro atoms. The highest BCUT2D eigenvalue weighted by molar-refractivity contribution is 5.84. The van der Waals surface area contributed by atoms with Gasteiger partial charge >= 0.3 is 0 Å². The highest BCUT2D eigenvalue weighted by atomic mass is 14.2. The highest BCUT2D eigenvalue weighted by Gasteiger charge is 2.15. The van der Waals surface area contributed by atoms with Crippen LogP contribution in [0.1, 0.15) is 33.4 Å². The van der Waals surface area contributed by atoms with Crippen molar-refractivity contribution in [2.45, 2.75) is 41.5 Å². The standard InChI is InChI=1S/C24H26/c1-15-13-21(23-16(2)9-7-10-17(23)3)20(6)22(14-15)24-18(4)11-8-12-19(24)5/h7-14H,1-6H3. The van der Waals surface area contributed by atoms with Crippen LogP contribution in [0.4, 0.5) is 0 Å². The van der Waals surface area contributed by atoms with Crippen molar-refractivity contribution in [1.29, 1.82) is 0 Å². The third-order valence-electron chi connectivity index (χ3n) is 5.05. The van der Waals surface area contributed by atoms with Crippen molar-refractivity contribution in [3.8, 4) is 22.3 Å². The first kappa shape index (κ1) is 16.5. The number of aryl methyl sites for hydroxylation is 5. The predicted octanol–water partition coefficient (Wildman–Crippen LogP) is 6.87. The molecule has 0 nitrogen and oxygen atoms in total. The number of rotatable bonds is 2. The van der Waals surface area contributed by atoms with E-state index in [2.05, 4.69) is 90.1 Å². The van der Waals surface area contributed by atoms with Crippen LogP contribution in [0.3, 0.4) is 0 Å². The quantitative estimate of drug-likeness (QED) is 0.484. The molecule has 0 saturated carbocycles. The summed E-state index contributed by atoms with van der Waals surface area (Å²) >= 11 is 0. The largest absolute Gasteiger partial charge is 0.0617 e. The van der Waals surface area contributed by atoms with E-state index in [0.29, 0.717) is 0 Å². The molecule has 0 aliphatic heterocycles. The summed E-state index contributed by atoms with van der Waals surface area (Å²) in [5, 5.41) is 0. The van der Waals surface area contributed by atoms with Crippen LogP contribution in [0.15, 0.2) is 48.5 Å². The van der Waals surface area contributed by atoms with Crippen molar-refractivity contribution >= 4 is 0 Å². The minimum absolute atomic E-state index is 1.32. The number of benzene rings is 3. The monoisotopic (exact) mass is 314 g/mol. The van der Waals surface area contributed by atoms with Gasteiger partial charge in [0.25, 0.3) is 0 Å². The molecular formula is C24H26. The fourth-order valence-corrected chi connectivity index (χ4v) is 3.86. The van der Waals surface area contributed by atoms with Crippen molar-refractivity contribution in [2.75, 3.05) is 0 Å². The maximum Gasteiger partial charge on any atom is -0.0122 e. The Labute approximate surface area is 146 Å². The lowest BCUT2D eigenvalue weighted by molar-refractivity contribution is 1.31. The van der Waals surface area contributed by atoms with Gasteiger partial charge in [-0.15, -0.1) is 0 Å². The normalized spacial score (nSPS) is 10.9. The second-order valence-electron chi connectivity index (χ2n) is 7.02. The van der Waals surface area contributed by atoms with Gasteiger partial charge in [0.05, 0.1) is 0 Å². The molecule has 0 heteroatoms. The summed E-state index contributed by atoms with van der Waals surface area (Å²) in [5.41, 5.74) is 13.6. The third kappa shape index (κ3) is 2.78. The molecule has 0 bridgehead atoms. The van der Waals surface area contributed by atoms with Crippen LogP contribution < -0.4 is 0 Å². The summed E-state index contributed by atoms with van der Waals surface area (Å²) in [4.78, 5) is 0. The number of hydrogen-bond donors (Lipinski definition) is 0. The van der Waals surface area contributed by atoms with Gasteiger partial charge in [-0.1, -0.05) is 48.5 Å². The Morgan fingerprint density at radius 2 is 0.833 bits per heavy atom. The summed E-state index contributed by atoms with van der Waals surface area (Å²) in [6, 6.07) is 17.8. The molecule has 0 N–H and O–H groups in total. The van der Waals surface area contributed by atoms with Gasteiger partial charge in [-0.25, -0.2) is 0 Å². The molecule has 0 atom stereocenters. The van der Waals surface area contributed by atoms with E-state index >= 15 is 0 Å². The predicted molar refractivity (Wildman–Crippen MR) is 106 cm³/mol. The lowest BCUT2D eigenvalue weighted by Gasteiger charge is -2.19. The first-order chi connectivity index (χ1) is 11.4. The van der Waals surface area contributed by atoms with Gasteiger partial charge in [0.2, 0.25) is 0 Å². The first-order valence-electron chi connectivity index (χ1n) is 8.64. The Hall–Kier alpha value is -2.34. The van der Waals surface area contributed by atoms with Crippen molar-refractivity contribution < 1.29 is 0 Å². The SMILES string of the molecule is Cc1cc(-c2c(C)cccc2C)c(C)c(-c2c(C)cccc2C)c1. The maximum absolute atomic E-state index is 2.34. The Kier molecular flexibility index (Phi) is 4.32. The van der Waals surface area contributed by atoms with E-state index in [1.54, 1.807) is 0 Å². The average molecular weight is 314 g/mol. The fraction of sp³-hybridized carbons (Fsp3) is 0.250. The minimum Gasteiger partial charge on any atom is -0.0617 e. The Morgan fingerprint density at radius 3 is 1.17 bits per heavy atom. The summed E-state index contributed by atoms with van der Waals surface area (Å²) in [6.45, 7) is 13.3. The van der Waals surface area contributed by atoms with Crippen LogP contribution >= 0.6 is 0 Å². The van der Waals surface area contributed by atoms with E-state index in [-0.39, 0.29) is 0 Å². The van der Waals surface area contributed by atoms with E-state index in [1.165, 1.54) is 55.6 Å². The van der Waals surface area contributed by atoms with Gasteiger partial charge in [0.1, 0.15) is 0 Å². The highest BCUT2D eigenvalue weighted by Crippen LogP contribution is 2.38. The van der Waals surface area contributed by atoms with E-state index in [4.69, 9.17) is 0 Å². The zero-order chi connectivity index (χ0) is 17.4. The summed E-state index contributed by atoms with van der Waals surface area (Å²) in [5.74, 6) is 0. The lowest BCUT2D eigenvalue weighted by Crippen LogP contribution is -1.97. The summed E-state index contributed by atoms with van der Waals surface area (Å²) in [7, 11) is 0. The molecule has 0 amide bonds. The molecular weight excluding hydrogens is 288 g/mol. The maximum atomic E-state index is 2.34. The van der Waals surface area contributed by atoms with Crippen molar-refractivity contribution in [3.63, 3.8) is 0 Å². The second-order valence-corrected chi connectivity index (χ2v) is 7.02. The van der Waals surface area contributed by atoms with E-state index in [9.17, 15) is 0 Å². The topological polar surface area (TPSA) is 0 Å². The molecule has 122 valence electrons. The van der Waals surface area contributed by atoms with Gasteiger partial charge in [0, 0.05) is 0 Å².